The molecule has 7 N–H and O–H groups in total. The minimum Gasteiger partial charge on any atom is -0.494 e. The van der Waals surface area contributed by atoms with Crippen molar-refractivity contribution < 1.29 is 53.2 Å². The van der Waals surface area contributed by atoms with Gasteiger partial charge in [0.15, 0.2) is 5.75 Å². The van der Waals surface area contributed by atoms with Crippen molar-refractivity contribution in [2.45, 2.75) is 21.6 Å². The van der Waals surface area contributed by atoms with Gasteiger partial charge >= 0.3 is 0 Å². The van der Waals surface area contributed by atoms with Gasteiger partial charge in [-0.3, -0.25) is 18.5 Å². The number of carbonyl (C=O) groups is 1. The van der Waals surface area contributed by atoms with Gasteiger partial charge in [0.2, 0.25) is 0 Å². The van der Waals surface area contributed by atoms with Gasteiger partial charge in [-0.05, 0) is 60.8 Å². The summed E-state index contributed by atoms with van der Waals surface area (Å²) in [5.41, 5.74) is 6.72. The number of hydrogen-bond acceptors (Lipinski definition) is 12. The van der Waals surface area contributed by atoms with Crippen molar-refractivity contribution in [2.24, 2.45) is 0 Å². The molecule has 5 rings (SSSR count). The van der Waals surface area contributed by atoms with Crippen molar-refractivity contribution >= 4 is 80.7 Å². The zero-order valence-corrected chi connectivity index (χ0v) is 27.5. The number of rotatable bonds is 9. The predicted octanol–water partition coefficient (Wildman–Crippen LogP) is 4.03. The highest BCUT2D eigenvalue weighted by atomic mass is 32.2. The monoisotopic (exact) mass is 718 g/mol. The number of carbonyl (C=O) groups excluding carboxylic acids is 1. The third kappa shape index (κ3) is 6.68. The summed E-state index contributed by atoms with van der Waals surface area (Å²) >= 11 is 0. The Hall–Kier alpha value is -5.05. The first-order chi connectivity index (χ1) is 22.3. The van der Waals surface area contributed by atoms with Crippen LogP contribution in [0, 0.1) is 6.92 Å². The van der Waals surface area contributed by atoms with E-state index in [2.05, 4.69) is 15.6 Å². The highest BCUT2D eigenvalue weighted by molar-refractivity contribution is 7.87. The molecule has 0 saturated heterocycles. The largest absolute Gasteiger partial charge is 0.494 e. The SMILES string of the molecule is COc1cc(NC(=O)c2cccc(N)c2)c(OC)c2c(Nc3cc(S(=O)(=O)O)cc4cc(S(=O)(=O)O)cc(S(=O)(=O)O)c34)cc(C)nc12. The van der Waals surface area contributed by atoms with E-state index in [1.807, 2.05) is 0 Å². The smallest absolute Gasteiger partial charge is 0.295 e. The van der Waals surface area contributed by atoms with Gasteiger partial charge < -0.3 is 25.8 Å². The summed E-state index contributed by atoms with van der Waals surface area (Å²) in [5, 5.41) is 4.91. The number of nitrogens with one attached hydrogen (secondary N) is 2. The van der Waals surface area contributed by atoms with Crippen molar-refractivity contribution in [3.63, 3.8) is 0 Å². The van der Waals surface area contributed by atoms with Crippen molar-refractivity contribution in [3.8, 4) is 11.5 Å². The Morgan fingerprint density at radius 3 is 1.96 bits per heavy atom. The van der Waals surface area contributed by atoms with Crippen LogP contribution in [0.2, 0.25) is 0 Å². The number of aromatic nitrogens is 1. The van der Waals surface area contributed by atoms with Crippen LogP contribution in [0.15, 0.2) is 75.4 Å². The lowest BCUT2D eigenvalue weighted by Gasteiger charge is -2.20. The van der Waals surface area contributed by atoms with E-state index in [-0.39, 0.29) is 45.0 Å². The summed E-state index contributed by atoms with van der Waals surface area (Å²) in [6.45, 7) is 1.60. The molecular formula is C29H26N4O12S3. The van der Waals surface area contributed by atoms with E-state index in [0.717, 1.165) is 18.2 Å². The number of methoxy groups -OCH3 is 2. The van der Waals surface area contributed by atoms with E-state index in [9.17, 15) is 43.7 Å². The Balaban J connectivity index is 1.84. The van der Waals surface area contributed by atoms with E-state index in [0.29, 0.717) is 17.4 Å². The first-order valence-electron chi connectivity index (χ1n) is 13.4. The highest BCUT2D eigenvalue weighted by Gasteiger charge is 2.26. The molecule has 252 valence electrons. The molecule has 0 aliphatic rings. The number of pyridine rings is 1. The predicted molar refractivity (Wildman–Crippen MR) is 175 cm³/mol. The van der Waals surface area contributed by atoms with Crippen molar-refractivity contribution in [3.05, 3.63) is 71.9 Å². The molecule has 0 saturated carbocycles. The normalized spacial score (nSPS) is 12.2. The Bertz CT molecular complexity index is 2500. The average molecular weight is 719 g/mol. The van der Waals surface area contributed by atoms with Crippen LogP contribution in [0.5, 0.6) is 11.5 Å². The third-order valence-corrected chi connectivity index (χ3v) is 9.59. The molecule has 48 heavy (non-hydrogen) atoms. The minimum absolute atomic E-state index is 0.0250. The van der Waals surface area contributed by atoms with Gasteiger partial charge in [0.05, 0.1) is 40.8 Å². The molecule has 0 spiro atoms. The third-order valence-electron chi connectivity index (χ3n) is 7.05. The number of nitrogens with zero attached hydrogens (tertiary/aromatic N) is 1. The van der Waals surface area contributed by atoms with Crippen molar-refractivity contribution in [1.29, 1.82) is 0 Å². The summed E-state index contributed by atoms with van der Waals surface area (Å²) < 4.78 is 114. The van der Waals surface area contributed by atoms with Crippen LogP contribution in [0.3, 0.4) is 0 Å². The number of fused-ring (bicyclic) bond motifs is 2. The number of anilines is 4. The zero-order valence-electron chi connectivity index (χ0n) is 25.0. The van der Waals surface area contributed by atoms with E-state index >= 15 is 0 Å². The second-order valence-electron chi connectivity index (χ2n) is 10.3. The molecule has 0 unspecified atom stereocenters. The van der Waals surface area contributed by atoms with E-state index in [1.165, 1.54) is 38.5 Å². The number of amides is 1. The molecule has 0 fully saturated rings. The van der Waals surface area contributed by atoms with Crippen LogP contribution < -0.4 is 25.8 Å². The summed E-state index contributed by atoms with van der Waals surface area (Å²) in [4.78, 5) is 14.9. The summed E-state index contributed by atoms with van der Waals surface area (Å²) in [6, 6.07) is 11.9. The van der Waals surface area contributed by atoms with Gasteiger partial charge in [0.1, 0.15) is 16.2 Å². The van der Waals surface area contributed by atoms with Gasteiger partial charge in [-0.2, -0.15) is 25.3 Å². The summed E-state index contributed by atoms with van der Waals surface area (Å²) in [5.74, 6) is -0.402. The number of hydrogen-bond donors (Lipinski definition) is 6. The molecule has 0 bridgehead atoms. The molecule has 0 aliphatic carbocycles. The van der Waals surface area contributed by atoms with Crippen LogP contribution in [-0.2, 0) is 30.4 Å². The fourth-order valence-electron chi connectivity index (χ4n) is 5.08. The molecule has 1 amide bonds. The van der Waals surface area contributed by atoms with Gasteiger partial charge in [0.25, 0.3) is 36.3 Å². The van der Waals surface area contributed by atoms with E-state index in [4.69, 9.17) is 15.2 Å². The molecule has 1 heterocycles. The topological polar surface area (TPSA) is 262 Å². The first kappa shape index (κ1) is 34.3. The maximum atomic E-state index is 13.2. The number of aryl methyl sites for hydroxylation is 1. The molecule has 0 atom stereocenters. The lowest BCUT2D eigenvalue weighted by molar-refractivity contribution is 0.102. The Kier molecular flexibility index (Phi) is 8.71. The lowest BCUT2D eigenvalue weighted by Crippen LogP contribution is -2.13. The number of nitrogens with two attached hydrogens (primary N) is 1. The molecule has 5 aromatic rings. The van der Waals surface area contributed by atoms with Gasteiger partial charge in [-0.25, -0.2) is 4.98 Å². The van der Waals surface area contributed by atoms with Crippen molar-refractivity contribution in [1.82, 2.24) is 4.98 Å². The number of benzene rings is 4. The molecular weight excluding hydrogens is 693 g/mol. The Morgan fingerprint density at radius 1 is 0.771 bits per heavy atom. The van der Waals surface area contributed by atoms with Crippen LogP contribution in [0.4, 0.5) is 22.7 Å². The number of nitrogen functional groups attached to an aromatic ring is 1. The summed E-state index contributed by atoms with van der Waals surface area (Å²) in [7, 11) is -12.7. The quantitative estimate of drug-likeness (QED) is 0.0928. The Labute approximate surface area is 273 Å². The molecule has 1 aromatic heterocycles. The average Bonchev–Trinajstić information content (AvgIpc) is 2.98. The molecule has 16 nitrogen and oxygen atoms in total. The highest BCUT2D eigenvalue weighted by Crippen LogP contribution is 2.45. The lowest BCUT2D eigenvalue weighted by atomic mass is 10.1. The second kappa shape index (κ2) is 12.2. The molecule has 0 radical (unpaired) electrons. The maximum Gasteiger partial charge on any atom is 0.295 e. The van der Waals surface area contributed by atoms with E-state index in [1.54, 1.807) is 19.1 Å². The van der Waals surface area contributed by atoms with Crippen LogP contribution in [-0.4, -0.2) is 64.0 Å². The fourth-order valence-corrected chi connectivity index (χ4v) is 7.00. The van der Waals surface area contributed by atoms with Crippen LogP contribution in [0.1, 0.15) is 16.1 Å². The summed E-state index contributed by atoms with van der Waals surface area (Å²) in [6.07, 6.45) is 0. The fraction of sp³-hybridized carbons (Fsp3) is 0.103. The van der Waals surface area contributed by atoms with Gasteiger partial charge in [-0.1, -0.05) is 6.07 Å². The van der Waals surface area contributed by atoms with Crippen LogP contribution in [0.25, 0.3) is 21.7 Å². The zero-order chi connectivity index (χ0) is 35.3. The molecule has 4 aromatic carbocycles. The van der Waals surface area contributed by atoms with E-state index < -0.39 is 61.7 Å². The Morgan fingerprint density at radius 2 is 1.40 bits per heavy atom. The second-order valence-corrected chi connectivity index (χ2v) is 14.5. The standard InChI is InChI=1S/C29H26N4O12S3/c1-14-7-20(26-27(31-14)23(44-2)13-22(28(26)45-3)33-29(34)15-5-4-6-17(30)8-15)32-21-11-18(46(35,36)37)9-16-10-19(47(38,39)40)12-24(25(16)21)48(41,42)43/h4-13H,30H2,1-3H3,(H,31,32)(H,33,34)(H,35,36,37)(H,38,39,40)(H,41,42,43). The molecule has 0 aliphatic heterocycles. The van der Waals surface area contributed by atoms with Crippen molar-refractivity contribution in [2.75, 3.05) is 30.6 Å². The van der Waals surface area contributed by atoms with Gasteiger partial charge in [0, 0.05) is 34.1 Å². The van der Waals surface area contributed by atoms with Gasteiger partial charge in [-0.15, -0.1) is 0 Å². The first-order valence-corrected chi connectivity index (χ1v) is 17.7. The minimum atomic E-state index is -5.24. The van der Waals surface area contributed by atoms with Crippen LogP contribution >= 0.6 is 0 Å². The molecule has 19 heteroatoms. The maximum absolute atomic E-state index is 13.2. The number of ether oxygens (including phenoxy) is 2.